The predicted molar refractivity (Wildman–Crippen MR) is 115 cm³/mol. The zero-order chi connectivity index (χ0) is 20.6. The van der Waals surface area contributed by atoms with Crippen LogP contribution >= 0.6 is 6.60 Å². The fourth-order valence-electron chi connectivity index (χ4n) is 2.14. The molecule has 0 aliphatic carbocycles. The van der Waals surface area contributed by atoms with Crippen molar-refractivity contribution in [2.24, 2.45) is 0 Å². The summed E-state index contributed by atoms with van der Waals surface area (Å²) in [5.74, 6) is -2.18. The Kier molecular flexibility index (Phi) is 44.4. The number of carboxylic acid groups (broad SMARTS) is 3. The Bertz CT molecular complexity index is 326. The molecule has 0 aromatic heterocycles. The SMILES string of the molecule is CCCCCCCCC(=O)O.O=C(O)CCCCCCCC(=O)O.[KH].[K][Br]. The Morgan fingerprint density at radius 3 is 1.04 bits per heavy atom. The van der Waals surface area contributed by atoms with Crippen molar-refractivity contribution in [1.82, 2.24) is 0 Å². The molecule has 0 aliphatic heterocycles. The van der Waals surface area contributed by atoms with E-state index in [2.05, 4.69) is 13.5 Å². The van der Waals surface area contributed by atoms with Gasteiger partial charge >= 0.3 is 121 Å². The van der Waals surface area contributed by atoms with Crippen molar-refractivity contribution in [1.29, 1.82) is 0 Å². The first-order valence-electron chi connectivity index (χ1n) is 9.43. The van der Waals surface area contributed by atoms with E-state index in [1.807, 2.05) is 0 Å². The monoisotopic (exact) mass is 504 g/mol. The van der Waals surface area contributed by atoms with E-state index in [1.54, 1.807) is 0 Å². The van der Waals surface area contributed by atoms with Gasteiger partial charge in [0.15, 0.2) is 0 Å². The molecule has 6 nitrogen and oxygen atoms in total. The quantitative estimate of drug-likeness (QED) is 0.223. The number of halogens is 1. The molecule has 0 heterocycles. The van der Waals surface area contributed by atoms with Crippen LogP contribution in [0, 0.1) is 0 Å². The van der Waals surface area contributed by atoms with Crippen LogP contribution in [0.4, 0.5) is 0 Å². The molecule has 0 rings (SSSR count). The van der Waals surface area contributed by atoms with E-state index < -0.39 is 17.9 Å². The number of hydrogen-bond acceptors (Lipinski definition) is 3. The third kappa shape index (κ3) is 47.4. The van der Waals surface area contributed by atoms with E-state index in [1.165, 1.54) is 25.7 Å². The molecule has 0 aromatic rings. The van der Waals surface area contributed by atoms with E-state index in [9.17, 15) is 14.4 Å². The standard InChI is InChI=1S/C9H16O4.C9H18O2.BrH.2K.H/c10-8(11)6-4-2-1-3-5-7-9(12)13;1-2-3-4-5-6-7-8-9(10)11;;;;/h1-7H2,(H,10,11)(H,12,13);2-8H2,1H3,(H,10,11);1H;;;/q;;;;+1;/p-1. The molecule has 0 aromatic carbocycles. The molecular weight excluding hydrogens is 470 g/mol. The summed E-state index contributed by atoms with van der Waals surface area (Å²) in [6, 6.07) is 0. The summed E-state index contributed by atoms with van der Waals surface area (Å²) in [6.07, 6.45) is 11.8. The van der Waals surface area contributed by atoms with E-state index in [-0.39, 0.29) is 64.2 Å². The Hall–Kier alpha value is 2.16. The predicted octanol–water partition coefficient (Wildman–Crippen LogP) is 4.52. The average molecular weight is 506 g/mol. The Balaban J connectivity index is -0.000000175. The second-order valence-electron chi connectivity index (χ2n) is 5.97. The molecule has 27 heavy (non-hydrogen) atoms. The molecule has 0 atom stereocenters. The number of carbonyl (C=O) groups is 3. The number of unbranched alkanes of at least 4 members (excludes halogenated alkanes) is 9. The minimum atomic E-state index is -0.759. The summed E-state index contributed by atoms with van der Waals surface area (Å²) < 4.78 is 0. The van der Waals surface area contributed by atoms with Crippen LogP contribution in [0.15, 0.2) is 0 Å². The molecule has 0 radical (unpaired) electrons. The van der Waals surface area contributed by atoms with Gasteiger partial charge in [-0.25, -0.2) is 0 Å². The average Bonchev–Trinajstić information content (AvgIpc) is 2.59. The maximum absolute atomic E-state index is 10.1. The maximum atomic E-state index is 10.1. The third-order valence-electron chi connectivity index (χ3n) is 3.53. The van der Waals surface area contributed by atoms with Crippen molar-refractivity contribution in [2.75, 3.05) is 0 Å². The van der Waals surface area contributed by atoms with Crippen LogP contribution < -0.4 is 0 Å². The van der Waals surface area contributed by atoms with Crippen LogP contribution in [0.1, 0.15) is 96.8 Å². The van der Waals surface area contributed by atoms with Crippen molar-refractivity contribution >= 4 is 121 Å². The summed E-state index contributed by atoms with van der Waals surface area (Å²) in [6.45, 7) is 5.30. The second-order valence-corrected chi connectivity index (χ2v) is 5.97. The summed E-state index contributed by atoms with van der Waals surface area (Å²) in [5, 5.41) is 24.9. The summed E-state index contributed by atoms with van der Waals surface area (Å²) in [4.78, 5) is 30.3. The van der Waals surface area contributed by atoms with Crippen LogP contribution in [0.2, 0.25) is 0 Å². The van der Waals surface area contributed by atoms with Crippen LogP contribution in [-0.4, -0.2) is 130 Å². The molecule has 0 spiro atoms. The van der Waals surface area contributed by atoms with Gasteiger partial charge in [-0.15, -0.1) is 0 Å². The first-order chi connectivity index (χ1) is 12.4. The fraction of sp³-hybridized carbons (Fsp3) is 0.833. The van der Waals surface area contributed by atoms with Crippen molar-refractivity contribution in [3.8, 4) is 0 Å². The van der Waals surface area contributed by atoms with E-state index in [0.717, 1.165) is 77.5 Å². The van der Waals surface area contributed by atoms with Gasteiger partial charge in [-0.2, -0.15) is 0 Å². The second kappa shape index (κ2) is 32.8. The molecule has 0 aliphatic rings. The molecule has 152 valence electrons. The van der Waals surface area contributed by atoms with Gasteiger partial charge in [-0.05, 0) is 19.3 Å². The molecule has 0 saturated heterocycles. The Morgan fingerprint density at radius 2 is 0.815 bits per heavy atom. The first kappa shape index (κ1) is 36.5. The summed E-state index contributed by atoms with van der Waals surface area (Å²) >= 11 is 0.875. The number of rotatable bonds is 15. The van der Waals surface area contributed by atoms with Crippen LogP contribution in [-0.2, 0) is 14.4 Å². The number of carboxylic acids is 3. The van der Waals surface area contributed by atoms with Gasteiger partial charge in [0.05, 0.1) is 0 Å². The van der Waals surface area contributed by atoms with Crippen LogP contribution in [0.5, 0.6) is 0 Å². The molecule has 9 heteroatoms. The van der Waals surface area contributed by atoms with Crippen molar-refractivity contribution < 1.29 is 29.7 Å². The van der Waals surface area contributed by atoms with Crippen molar-refractivity contribution in [3.63, 3.8) is 0 Å². The van der Waals surface area contributed by atoms with Gasteiger partial charge in [-0.3, -0.25) is 14.4 Å². The van der Waals surface area contributed by atoms with Gasteiger partial charge in [0, 0.05) is 19.3 Å². The fourth-order valence-corrected chi connectivity index (χ4v) is 2.14. The van der Waals surface area contributed by atoms with Gasteiger partial charge in [0.2, 0.25) is 0 Å². The van der Waals surface area contributed by atoms with Crippen molar-refractivity contribution in [2.45, 2.75) is 96.8 Å². The van der Waals surface area contributed by atoms with E-state index in [0.29, 0.717) is 19.3 Å². The zero-order valence-electron chi connectivity index (χ0n) is 16.3. The minimum absolute atomic E-state index is 0. The number of aliphatic carboxylic acids is 3. The van der Waals surface area contributed by atoms with Crippen LogP contribution in [0.25, 0.3) is 0 Å². The third-order valence-corrected chi connectivity index (χ3v) is 3.53. The van der Waals surface area contributed by atoms with E-state index >= 15 is 0 Å². The summed E-state index contributed by atoms with van der Waals surface area (Å²) in [5.41, 5.74) is 0. The molecule has 3 N–H and O–H groups in total. The first-order valence-corrected chi connectivity index (χ1v) is 17.1. The van der Waals surface area contributed by atoms with Gasteiger partial charge < -0.3 is 15.3 Å². The van der Waals surface area contributed by atoms with Gasteiger partial charge in [0.25, 0.3) is 0 Å². The Morgan fingerprint density at radius 1 is 0.593 bits per heavy atom. The molecule has 0 saturated carbocycles. The summed E-state index contributed by atoms with van der Waals surface area (Å²) in [7, 11) is 0. The van der Waals surface area contributed by atoms with E-state index in [4.69, 9.17) is 15.3 Å². The van der Waals surface area contributed by atoms with Gasteiger partial charge in [0.1, 0.15) is 0 Å². The number of hydrogen-bond donors (Lipinski definition) is 3. The molecule has 0 fully saturated rings. The Labute approximate surface area is 243 Å². The molecular formula is C18H35BrK2O6. The van der Waals surface area contributed by atoms with Crippen LogP contribution in [0.3, 0.4) is 0 Å². The van der Waals surface area contributed by atoms with Gasteiger partial charge in [-0.1, -0.05) is 58.3 Å². The molecule has 0 amide bonds. The molecule has 0 unspecified atom stereocenters. The normalized spacial score (nSPS) is 9.04. The van der Waals surface area contributed by atoms with Crippen molar-refractivity contribution in [3.05, 3.63) is 0 Å². The topological polar surface area (TPSA) is 112 Å². The molecule has 0 bridgehead atoms. The zero-order valence-corrected chi connectivity index (χ0v) is 21.1.